The van der Waals surface area contributed by atoms with Crippen molar-refractivity contribution in [2.45, 2.75) is 13.0 Å². The van der Waals surface area contributed by atoms with E-state index in [0.717, 1.165) is 16.9 Å². The summed E-state index contributed by atoms with van der Waals surface area (Å²) in [6, 6.07) is 7.60. The highest BCUT2D eigenvalue weighted by molar-refractivity contribution is 5.75. The van der Waals surface area contributed by atoms with Crippen molar-refractivity contribution >= 4 is 11.0 Å². The van der Waals surface area contributed by atoms with Crippen LogP contribution in [0.1, 0.15) is 18.8 Å². The van der Waals surface area contributed by atoms with Gasteiger partial charge in [-0.15, -0.1) is 0 Å². The molecule has 0 amide bonds. The van der Waals surface area contributed by atoms with E-state index in [9.17, 15) is 0 Å². The van der Waals surface area contributed by atoms with Crippen molar-refractivity contribution in [2.75, 3.05) is 0 Å². The summed E-state index contributed by atoms with van der Waals surface area (Å²) >= 11 is 0. The Bertz CT molecular complexity index is 536. The second-order valence-corrected chi connectivity index (χ2v) is 3.40. The Kier molecular flexibility index (Phi) is 2.31. The van der Waals surface area contributed by atoms with Crippen LogP contribution in [0.3, 0.4) is 0 Å². The lowest BCUT2D eigenvalue weighted by Crippen LogP contribution is -1.99. The smallest absolute Gasteiger partial charge is 0.118 e. The summed E-state index contributed by atoms with van der Waals surface area (Å²) in [6.07, 6.45) is 0. The van der Waals surface area contributed by atoms with Gasteiger partial charge in [-0.2, -0.15) is 0 Å². The molecule has 5 heteroatoms. The summed E-state index contributed by atoms with van der Waals surface area (Å²) in [5.74, 6) is 0.786. The monoisotopic (exact) mass is 201 g/mol. The molecule has 15 heavy (non-hydrogen) atoms. The minimum Gasteiger partial charge on any atom is -0.331 e. The second kappa shape index (κ2) is 3.63. The molecular formula is C10H11N5. The number of imidazole rings is 1. The summed E-state index contributed by atoms with van der Waals surface area (Å²) in [6.45, 7) is 1.83. The lowest BCUT2D eigenvalue weighted by molar-refractivity contribution is 0.691. The first-order chi connectivity index (χ1) is 7.24. The van der Waals surface area contributed by atoms with Crippen molar-refractivity contribution in [3.8, 4) is 0 Å². The molecule has 0 aliphatic rings. The molecule has 0 aliphatic carbocycles. The highest BCUT2D eigenvalue weighted by atomic mass is 15.2. The third-order valence-electron chi connectivity index (χ3n) is 2.42. The maximum Gasteiger partial charge on any atom is 0.118 e. The van der Waals surface area contributed by atoms with Gasteiger partial charge in [-0.25, -0.2) is 4.98 Å². The maximum absolute atomic E-state index is 8.39. The molecule has 2 rings (SSSR count). The third kappa shape index (κ3) is 1.53. The van der Waals surface area contributed by atoms with Gasteiger partial charge in [0.25, 0.3) is 0 Å². The Morgan fingerprint density at radius 3 is 2.87 bits per heavy atom. The fraction of sp³-hybridized carbons (Fsp3) is 0.300. The molecule has 0 saturated carbocycles. The molecule has 76 valence electrons. The van der Waals surface area contributed by atoms with E-state index in [1.165, 1.54) is 0 Å². The van der Waals surface area contributed by atoms with Crippen LogP contribution in [0.5, 0.6) is 0 Å². The van der Waals surface area contributed by atoms with Crippen LogP contribution in [-0.4, -0.2) is 9.55 Å². The summed E-state index contributed by atoms with van der Waals surface area (Å²) in [7, 11) is 1.92. The van der Waals surface area contributed by atoms with E-state index in [4.69, 9.17) is 5.53 Å². The molecule has 0 saturated heterocycles. The summed E-state index contributed by atoms with van der Waals surface area (Å²) in [4.78, 5) is 7.22. The van der Waals surface area contributed by atoms with Crippen molar-refractivity contribution in [1.29, 1.82) is 0 Å². The van der Waals surface area contributed by atoms with Crippen LogP contribution in [0, 0.1) is 0 Å². The summed E-state index contributed by atoms with van der Waals surface area (Å²) in [5.41, 5.74) is 10.4. The zero-order valence-electron chi connectivity index (χ0n) is 8.62. The van der Waals surface area contributed by atoms with E-state index in [-0.39, 0.29) is 6.04 Å². The zero-order valence-corrected chi connectivity index (χ0v) is 8.62. The molecule has 5 nitrogen and oxygen atoms in total. The molecule has 0 bridgehead atoms. The first-order valence-corrected chi connectivity index (χ1v) is 4.69. The molecule has 0 N–H and O–H groups in total. The van der Waals surface area contributed by atoms with Gasteiger partial charge < -0.3 is 4.57 Å². The lowest BCUT2D eigenvalue weighted by atomic mass is 10.3. The fourth-order valence-corrected chi connectivity index (χ4v) is 1.67. The average Bonchev–Trinajstić information content (AvgIpc) is 2.57. The number of nitrogens with zero attached hydrogens (tertiary/aromatic N) is 5. The number of hydrogen-bond donors (Lipinski definition) is 0. The zero-order chi connectivity index (χ0) is 10.8. The fourth-order valence-electron chi connectivity index (χ4n) is 1.67. The maximum atomic E-state index is 8.39. The van der Waals surface area contributed by atoms with Gasteiger partial charge in [0.2, 0.25) is 0 Å². The highest BCUT2D eigenvalue weighted by Crippen LogP contribution is 2.21. The van der Waals surface area contributed by atoms with Crippen LogP contribution in [-0.2, 0) is 7.05 Å². The van der Waals surface area contributed by atoms with Gasteiger partial charge in [0.15, 0.2) is 0 Å². The predicted molar refractivity (Wildman–Crippen MR) is 58.3 cm³/mol. The second-order valence-electron chi connectivity index (χ2n) is 3.40. The van der Waals surface area contributed by atoms with Gasteiger partial charge in [-0.05, 0) is 24.6 Å². The topological polar surface area (TPSA) is 66.6 Å². The Balaban J connectivity index is 2.62. The van der Waals surface area contributed by atoms with Crippen molar-refractivity contribution < 1.29 is 0 Å². The van der Waals surface area contributed by atoms with Crippen LogP contribution in [0.2, 0.25) is 0 Å². The van der Waals surface area contributed by atoms with E-state index in [1.54, 1.807) is 0 Å². The van der Waals surface area contributed by atoms with Gasteiger partial charge in [-0.1, -0.05) is 17.2 Å². The first kappa shape index (κ1) is 9.55. The minimum absolute atomic E-state index is 0.243. The first-order valence-electron chi connectivity index (χ1n) is 4.69. The van der Waals surface area contributed by atoms with Gasteiger partial charge in [0, 0.05) is 12.0 Å². The van der Waals surface area contributed by atoms with Crippen molar-refractivity contribution in [3.05, 3.63) is 40.5 Å². The molecule has 0 fully saturated rings. The minimum atomic E-state index is -0.243. The number of aryl methyl sites for hydroxylation is 1. The van der Waals surface area contributed by atoms with Crippen molar-refractivity contribution in [3.63, 3.8) is 0 Å². The van der Waals surface area contributed by atoms with Gasteiger partial charge in [0.1, 0.15) is 5.82 Å². The standard InChI is InChI=1S/C10H11N5/c1-7(13-14-11)10-12-8-5-3-4-6-9(8)15(10)2/h3-7H,1-2H3/t7-/m1/s1. The Morgan fingerprint density at radius 2 is 2.20 bits per heavy atom. The molecule has 1 aromatic heterocycles. The number of rotatable bonds is 2. The van der Waals surface area contributed by atoms with Crippen LogP contribution in [0.25, 0.3) is 21.5 Å². The molecule has 1 heterocycles. The van der Waals surface area contributed by atoms with Crippen LogP contribution in [0.15, 0.2) is 29.4 Å². The molecular weight excluding hydrogens is 190 g/mol. The third-order valence-corrected chi connectivity index (χ3v) is 2.42. The average molecular weight is 201 g/mol. The highest BCUT2D eigenvalue weighted by Gasteiger charge is 2.12. The number of para-hydroxylation sites is 2. The molecule has 0 spiro atoms. The van der Waals surface area contributed by atoms with E-state index < -0.39 is 0 Å². The quantitative estimate of drug-likeness (QED) is 0.418. The van der Waals surface area contributed by atoms with Gasteiger partial charge in [0.05, 0.1) is 17.1 Å². The number of fused-ring (bicyclic) bond motifs is 1. The van der Waals surface area contributed by atoms with Crippen LogP contribution in [0.4, 0.5) is 0 Å². The van der Waals surface area contributed by atoms with E-state index in [0.29, 0.717) is 0 Å². The number of aromatic nitrogens is 2. The van der Waals surface area contributed by atoms with E-state index in [2.05, 4.69) is 15.0 Å². The van der Waals surface area contributed by atoms with Crippen LogP contribution >= 0.6 is 0 Å². The molecule has 1 aromatic carbocycles. The van der Waals surface area contributed by atoms with Gasteiger partial charge >= 0.3 is 0 Å². The molecule has 1 atom stereocenters. The molecule has 2 aromatic rings. The number of azide groups is 1. The Hall–Kier alpha value is -2.00. The predicted octanol–water partition coefficient (Wildman–Crippen LogP) is 2.94. The number of benzene rings is 1. The van der Waals surface area contributed by atoms with E-state index in [1.807, 2.05) is 42.8 Å². The molecule has 0 radical (unpaired) electrons. The molecule has 0 aliphatic heterocycles. The Morgan fingerprint density at radius 1 is 1.47 bits per heavy atom. The SMILES string of the molecule is C[C@@H](N=[N+]=[N-])c1nc2ccccc2n1C. The normalized spacial score (nSPS) is 12.4. The van der Waals surface area contributed by atoms with Crippen molar-refractivity contribution in [2.24, 2.45) is 12.2 Å². The molecule has 0 unspecified atom stereocenters. The lowest BCUT2D eigenvalue weighted by Gasteiger charge is -2.04. The largest absolute Gasteiger partial charge is 0.331 e. The van der Waals surface area contributed by atoms with Gasteiger partial charge in [-0.3, -0.25) is 0 Å². The summed E-state index contributed by atoms with van der Waals surface area (Å²) < 4.78 is 1.95. The van der Waals surface area contributed by atoms with Crippen molar-refractivity contribution in [1.82, 2.24) is 9.55 Å². The van der Waals surface area contributed by atoms with Crippen LogP contribution < -0.4 is 0 Å². The number of hydrogen-bond acceptors (Lipinski definition) is 2. The van der Waals surface area contributed by atoms with E-state index >= 15 is 0 Å². The summed E-state index contributed by atoms with van der Waals surface area (Å²) in [5, 5.41) is 3.65. The Labute approximate surface area is 87.0 Å².